The van der Waals surface area contributed by atoms with Gasteiger partial charge in [-0.1, -0.05) is 17.7 Å². The Kier molecular flexibility index (Phi) is 4.13. The molecule has 2 aromatic rings. The number of hydrogen-bond donors (Lipinski definition) is 0. The molecule has 19 heavy (non-hydrogen) atoms. The highest BCUT2D eigenvalue weighted by Crippen LogP contribution is 2.13. The summed E-state index contributed by atoms with van der Waals surface area (Å²) in [6.45, 7) is 2.05. The lowest BCUT2D eigenvalue weighted by Gasteiger charge is -2.00. The minimum absolute atomic E-state index is 0.707. The van der Waals surface area contributed by atoms with E-state index in [4.69, 9.17) is 4.42 Å². The summed E-state index contributed by atoms with van der Waals surface area (Å²) in [5.41, 5.74) is 2.13. The molecule has 0 aliphatic rings. The summed E-state index contributed by atoms with van der Waals surface area (Å²) in [5.74, 6) is 1.42. The summed E-state index contributed by atoms with van der Waals surface area (Å²) >= 11 is 0. The van der Waals surface area contributed by atoms with Crippen LogP contribution in [0.4, 0.5) is 5.69 Å². The molecule has 0 aliphatic heterocycles. The van der Waals surface area contributed by atoms with Crippen molar-refractivity contribution < 1.29 is 4.42 Å². The van der Waals surface area contributed by atoms with Gasteiger partial charge in [0.25, 0.3) is 0 Å². The van der Waals surface area contributed by atoms with Crippen molar-refractivity contribution in [3.63, 3.8) is 0 Å². The van der Waals surface area contributed by atoms with E-state index in [9.17, 15) is 0 Å². The van der Waals surface area contributed by atoms with Crippen LogP contribution in [0.25, 0.3) is 0 Å². The first-order valence-electron chi connectivity index (χ1n) is 6.05. The molecule has 1 aromatic heterocycles. The predicted octanol–water partition coefficient (Wildman–Crippen LogP) is 3.23. The molecule has 0 aliphatic carbocycles. The van der Waals surface area contributed by atoms with Crippen molar-refractivity contribution in [3.8, 4) is 0 Å². The first-order valence-corrected chi connectivity index (χ1v) is 6.05. The number of hydrogen-bond acceptors (Lipinski definition) is 4. The van der Waals surface area contributed by atoms with Gasteiger partial charge in [0.2, 0.25) is 0 Å². The van der Waals surface area contributed by atoms with Crippen molar-refractivity contribution in [2.24, 2.45) is 10.1 Å². The van der Waals surface area contributed by atoms with E-state index in [-0.39, 0.29) is 0 Å². The number of rotatable bonds is 4. The number of nitrogens with zero attached hydrogens (tertiary/aromatic N) is 3. The van der Waals surface area contributed by atoms with Gasteiger partial charge in [0.05, 0.1) is 18.1 Å². The van der Waals surface area contributed by atoms with Crippen LogP contribution in [0.1, 0.15) is 17.1 Å². The Morgan fingerprint density at radius 1 is 0.947 bits per heavy atom. The Morgan fingerprint density at radius 3 is 2.21 bits per heavy atom. The largest absolute Gasteiger partial charge is 0.454 e. The summed E-state index contributed by atoms with van der Waals surface area (Å²) in [6, 6.07) is 11.7. The summed E-state index contributed by atoms with van der Waals surface area (Å²) in [6.07, 6.45) is 3.38. The molecule has 0 saturated carbocycles. The predicted molar refractivity (Wildman–Crippen MR) is 78.4 cm³/mol. The van der Waals surface area contributed by atoms with Gasteiger partial charge in [0, 0.05) is 14.1 Å². The summed E-state index contributed by atoms with van der Waals surface area (Å²) in [7, 11) is 3.72. The molecule has 1 heterocycles. The second-order valence-electron chi connectivity index (χ2n) is 4.43. The second-order valence-corrected chi connectivity index (χ2v) is 4.43. The molecular formula is C15H17N3O. The Hall–Kier alpha value is -2.36. The molecule has 2 rings (SSSR count). The summed E-state index contributed by atoms with van der Waals surface area (Å²) in [5, 5.41) is 5.82. The fourth-order valence-electron chi connectivity index (χ4n) is 1.45. The Morgan fingerprint density at radius 2 is 1.58 bits per heavy atom. The maximum atomic E-state index is 5.55. The van der Waals surface area contributed by atoms with Crippen LogP contribution in [0, 0.1) is 6.92 Å². The van der Waals surface area contributed by atoms with Crippen molar-refractivity contribution >= 4 is 18.1 Å². The normalized spacial score (nSPS) is 11.5. The monoisotopic (exact) mass is 255 g/mol. The zero-order chi connectivity index (χ0) is 13.7. The third-order valence-corrected chi connectivity index (χ3v) is 2.44. The zero-order valence-electron chi connectivity index (χ0n) is 11.4. The maximum Gasteiger partial charge on any atom is 0.147 e. The van der Waals surface area contributed by atoms with Crippen LogP contribution in [0.15, 0.2) is 50.9 Å². The fourth-order valence-corrected chi connectivity index (χ4v) is 1.45. The average molecular weight is 255 g/mol. The molecule has 0 radical (unpaired) electrons. The number of benzene rings is 1. The van der Waals surface area contributed by atoms with Crippen molar-refractivity contribution in [1.82, 2.24) is 5.01 Å². The SMILES string of the molecule is Cc1ccc(N=Cc2ccc(C=NN(C)C)o2)cc1. The Labute approximate surface area is 113 Å². The van der Waals surface area contributed by atoms with Gasteiger partial charge < -0.3 is 9.43 Å². The quantitative estimate of drug-likeness (QED) is 0.621. The Bertz CT molecular complexity index is 580. The molecule has 0 atom stereocenters. The molecule has 98 valence electrons. The molecular weight excluding hydrogens is 238 g/mol. The highest BCUT2D eigenvalue weighted by atomic mass is 16.3. The van der Waals surface area contributed by atoms with Gasteiger partial charge >= 0.3 is 0 Å². The topological polar surface area (TPSA) is 41.1 Å². The number of aliphatic imine (C=N–C) groups is 1. The number of furan rings is 1. The molecule has 0 fully saturated rings. The van der Waals surface area contributed by atoms with Gasteiger partial charge in [0.15, 0.2) is 0 Å². The standard InChI is InChI=1S/C15H17N3O/c1-12-4-6-13(7-5-12)16-10-14-8-9-15(19-14)11-17-18(2)3/h4-11H,1-3H3. The lowest BCUT2D eigenvalue weighted by atomic mass is 10.2. The Balaban J connectivity index is 2.05. The minimum Gasteiger partial charge on any atom is -0.454 e. The molecule has 0 unspecified atom stereocenters. The average Bonchev–Trinajstić information content (AvgIpc) is 2.84. The van der Waals surface area contributed by atoms with E-state index < -0.39 is 0 Å². The third-order valence-electron chi connectivity index (χ3n) is 2.44. The van der Waals surface area contributed by atoms with Crippen LogP contribution < -0.4 is 0 Å². The van der Waals surface area contributed by atoms with Gasteiger partial charge in [-0.05, 0) is 31.2 Å². The third kappa shape index (κ3) is 4.10. The van der Waals surface area contributed by atoms with Crippen LogP contribution in [0.2, 0.25) is 0 Å². The highest BCUT2D eigenvalue weighted by Gasteiger charge is 1.97. The van der Waals surface area contributed by atoms with E-state index in [0.717, 1.165) is 5.69 Å². The first-order chi connectivity index (χ1) is 9.13. The lowest BCUT2D eigenvalue weighted by molar-refractivity contribution is 0.438. The molecule has 0 bridgehead atoms. The molecule has 0 spiro atoms. The molecule has 1 aromatic carbocycles. The van der Waals surface area contributed by atoms with E-state index in [1.165, 1.54) is 5.56 Å². The van der Waals surface area contributed by atoms with E-state index in [2.05, 4.69) is 17.0 Å². The van der Waals surface area contributed by atoms with Crippen LogP contribution >= 0.6 is 0 Å². The van der Waals surface area contributed by atoms with Gasteiger partial charge in [-0.15, -0.1) is 0 Å². The van der Waals surface area contributed by atoms with E-state index >= 15 is 0 Å². The van der Waals surface area contributed by atoms with Crippen LogP contribution in [0.5, 0.6) is 0 Å². The molecule has 4 nitrogen and oxygen atoms in total. The van der Waals surface area contributed by atoms with Crippen LogP contribution in [-0.4, -0.2) is 31.5 Å². The smallest absolute Gasteiger partial charge is 0.147 e. The zero-order valence-corrected chi connectivity index (χ0v) is 11.4. The molecule has 0 amide bonds. The number of hydrazone groups is 1. The van der Waals surface area contributed by atoms with E-state index in [1.807, 2.05) is 50.5 Å². The van der Waals surface area contributed by atoms with E-state index in [1.54, 1.807) is 17.4 Å². The summed E-state index contributed by atoms with van der Waals surface area (Å²) < 4.78 is 5.55. The molecule has 0 N–H and O–H groups in total. The second kappa shape index (κ2) is 6.00. The van der Waals surface area contributed by atoms with E-state index in [0.29, 0.717) is 11.5 Å². The molecule has 4 heteroatoms. The minimum atomic E-state index is 0.707. The van der Waals surface area contributed by atoms with Crippen molar-refractivity contribution in [3.05, 3.63) is 53.5 Å². The van der Waals surface area contributed by atoms with Crippen LogP contribution in [-0.2, 0) is 0 Å². The first kappa shape index (κ1) is 13.1. The van der Waals surface area contributed by atoms with Crippen molar-refractivity contribution in [2.75, 3.05) is 14.1 Å². The maximum absolute atomic E-state index is 5.55. The van der Waals surface area contributed by atoms with Gasteiger partial charge in [-0.3, -0.25) is 4.99 Å². The number of aryl methyl sites for hydroxylation is 1. The van der Waals surface area contributed by atoms with Gasteiger partial charge in [-0.2, -0.15) is 5.10 Å². The van der Waals surface area contributed by atoms with Crippen LogP contribution in [0.3, 0.4) is 0 Å². The van der Waals surface area contributed by atoms with Crippen molar-refractivity contribution in [2.45, 2.75) is 6.92 Å². The lowest BCUT2D eigenvalue weighted by Crippen LogP contribution is -2.01. The van der Waals surface area contributed by atoms with Gasteiger partial charge in [-0.25, -0.2) is 0 Å². The highest BCUT2D eigenvalue weighted by molar-refractivity contribution is 5.82. The summed E-state index contributed by atoms with van der Waals surface area (Å²) in [4.78, 5) is 4.35. The fraction of sp³-hybridized carbons (Fsp3) is 0.200. The van der Waals surface area contributed by atoms with Crippen molar-refractivity contribution in [1.29, 1.82) is 0 Å². The molecule has 0 saturated heterocycles. The van der Waals surface area contributed by atoms with Gasteiger partial charge in [0.1, 0.15) is 11.5 Å².